The van der Waals surface area contributed by atoms with Gasteiger partial charge in [-0.05, 0) is 77.3 Å². The molecule has 4 rings (SSSR count). The lowest BCUT2D eigenvalue weighted by molar-refractivity contribution is 0.00374. The molecule has 3 heterocycles. The number of rotatable bonds is 0. The molecule has 178 valence electrons. The third-order valence-electron chi connectivity index (χ3n) is 7.33. The second kappa shape index (κ2) is 8.69. The fraction of sp³-hybridized carbons (Fsp3) is 0.792. The van der Waals surface area contributed by atoms with Gasteiger partial charge in [0, 0.05) is 51.4 Å². The van der Waals surface area contributed by atoms with E-state index in [4.69, 9.17) is 4.74 Å². The van der Waals surface area contributed by atoms with E-state index in [9.17, 15) is 9.59 Å². The summed E-state index contributed by atoms with van der Waals surface area (Å²) in [5.74, 6) is 0.0412. The first kappa shape index (κ1) is 23.1. The molecule has 0 aromatic carbocycles. The topological polar surface area (TPSA) is 79.7 Å². The van der Waals surface area contributed by atoms with Gasteiger partial charge in [0.25, 0.3) is 5.91 Å². The Morgan fingerprint density at radius 1 is 1.09 bits per heavy atom. The number of carbonyl (C=O) groups excluding carboxylic acids is 2. The number of amides is 2. The van der Waals surface area contributed by atoms with Gasteiger partial charge in [-0.25, -0.2) is 4.79 Å². The molecule has 8 nitrogen and oxygen atoms in total. The van der Waals surface area contributed by atoms with Crippen molar-refractivity contribution in [1.29, 1.82) is 0 Å². The van der Waals surface area contributed by atoms with Crippen molar-refractivity contribution in [1.82, 2.24) is 24.9 Å². The molecule has 2 aliphatic heterocycles. The Morgan fingerprint density at radius 2 is 1.81 bits per heavy atom. The van der Waals surface area contributed by atoms with Gasteiger partial charge < -0.3 is 19.9 Å². The summed E-state index contributed by atoms with van der Waals surface area (Å²) in [6.07, 6.45) is 7.77. The van der Waals surface area contributed by atoms with Crippen LogP contribution in [0.2, 0.25) is 0 Å². The zero-order valence-corrected chi connectivity index (χ0v) is 20.2. The van der Waals surface area contributed by atoms with Crippen molar-refractivity contribution in [3.8, 4) is 0 Å². The molecule has 1 aromatic heterocycles. The molecule has 0 radical (unpaired) electrons. The van der Waals surface area contributed by atoms with Gasteiger partial charge in [-0.3, -0.25) is 9.48 Å². The number of fused-ring (bicyclic) bond motifs is 1. The highest BCUT2D eigenvalue weighted by atomic mass is 16.6. The summed E-state index contributed by atoms with van der Waals surface area (Å²) in [6, 6.07) is 1.85. The average Bonchev–Trinajstić information content (AvgIpc) is 3.32. The number of aromatic nitrogens is 2. The number of nitrogens with zero attached hydrogens (tertiary/aromatic N) is 4. The molecule has 1 aromatic rings. The largest absolute Gasteiger partial charge is 0.444 e. The lowest BCUT2D eigenvalue weighted by atomic mass is 9.74. The van der Waals surface area contributed by atoms with Crippen LogP contribution in [0.3, 0.4) is 0 Å². The first-order chi connectivity index (χ1) is 15.1. The summed E-state index contributed by atoms with van der Waals surface area (Å²) in [6.45, 7) is 10.5. The Kier molecular flexibility index (Phi) is 6.27. The summed E-state index contributed by atoms with van der Waals surface area (Å²) in [5.41, 5.74) is 0.447. The summed E-state index contributed by atoms with van der Waals surface area (Å²) in [5, 5.41) is 8.15. The molecule has 1 saturated carbocycles. The van der Waals surface area contributed by atoms with Crippen molar-refractivity contribution in [3.05, 3.63) is 18.0 Å². The third kappa shape index (κ3) is 5.27. The minimum Gasteiger partial charge on any atom is -0.444 e. The highest BCUT2D eigenvalue weighted by Crippen LogP contribution is 2.47. The zero-order valence-electron chi connectivity index (χ0n) is 20.2. The Morgan fingerprint density at radius 3 is 2.47 bits per heavy atom. The van der Waals surface area contributed by atoms with Gasteiger partial charge >= 0.3 is 6.09 Å². The Labute approximate surface area is 191 Å². The molecule has 1 aliphatic carbocycles. The number of ether oxygens (including phenoxy) is 1. The van der Waals surface area contributed by atoms with Crippen molar-refractivity contribution in [2.45, 2.75) is 71.4 Å². The van der Waals surface area contributed by atoms with E-state index in [1.165, 1.54) is 12.8 Å². The first-order valence-corrected chi connectivity index (χ1v) is 12.1. The average molecular weight is 446 g/mol. The van der Waals surface area contributed by atoms with Gasteiger partial charge in [0.1, 0.15) is 11.3 Å². The van der Waals surface area contributed by atoms with Crippen LogP contribution in [-0.2, 0) is 11.3 Å². The number of hydrogen-bond acceptors (Lipinski definition) is 5. The summed E-state index contributed by atoms with van der Waals surface area (Å²) >= 11 is 0. The fourth-order valence-electron chi connectivity index (χ4n) is 5.22. The molecule has 0 atom stereocenters. The fourth-order valence-corrected chi connectivity index (χ4v) is 5.22. The van der Waals surface area contributed by atoms with Gasteiger partial charge in [0.05, 0.1) is 0 Å². The van der Waals surface area contributed by atoms with Crippen LogP contribution in [0.15, 0.2) is 12.3 Å². The molecule has 8 heteroatoms. The van der Waals surface area contributed by atoms with Crippen LogP contribution in [0.1, 0.15) is 69.8 Å². The molecular formula is C24H39N5O3. The first-order valence-electron chi connectivity index (χ1n) is 12.1. The molecule has 32 heavy (non-hydrogen) atoms. The molecule has 2 amide bonds. The number of piperidine rings is 1. The van der Waals surface area contributed by atoms with Crippen molar-refractivity contribution >= 4 is 12.0 Å². The van der Waals surface area contributed by atoms with Gasteiger partial charge in [0.2, 0.25) is 0 Å². The standard InChI is InChI=1S/C24H39N5O3/c1-22(2,3)32-21(31)28-14-10-23(11-15-28)7-5-12-25-16-24(8-9-24)18-29-19(6-13-26-29)20(30)27(4)17-23/h6,13,25H,5,7-12,14-18H2,1-4H3. The Hall–Kier alpha value is -2.09. The van der Waals surface area contributed by atoms with E-state index in [0.29, 0.717) is 25.3 Å². The molecule has 1 N–H and O–H groups in total. The maximum atomic E-state index is 13.4. The summed E-state index contributed by atoms with van der Waals surface area (Å²) in [4.78, 5) is 29.6. The van der Waals surface area contributed by atoms with E-state index in [2.05, 4.69) is 10.4 Å². The summed E-state index contributed by atoms with van der Waals surface area (Å²) in [7, 11) is 1.91. The highest BCUT2D eigenvalue weighted by Gasteiger charge is 2.44. The van der Waals surface area contributed by atoms with E-state index in [1.807, 2.05) is 48.4 Å². The maximum Gasteiger partial charge on any atom is 0.410 e. The molecule has 3 aliphatic rings. The predicted octanol–water partition coefficient (Wildman–Crippen LogP) is 3.14. The van der Waals surface area contributed by atoms with Gasteiger partial charge in [-0.2, -0.15) is 5.10 Å². The highest BCUT2D eigenvalue weighted by molar-refractivity contribution is 5.92. The van der Waals surface area contributed by atoms with Crippen LogP contribution in [0.25, 0.3) is 0 Å². The van der Waals surface area contributed by atoms with Gasteiger partial charge in [-0.15, -0.1) is 0 Å². The lowest BCUT2D eigenvalue weighted by Crippen LogP contribution is -2.49. The van der Waals surface area contributed by atoms with E-state index in [1.54, 1.807) is 6.20 Å². The second-order valence-electron chi connectivity index (χ2n) is 11.3. The second-order valence-corrected chi connectivity index (χ2v) is 11.3. The van der Waals surface area contributed by atoms with Crippen molar-refractivity contribution in [2.24, 2.45) is 10.8 Å². The third-order valence-corrected chi connectivity index (χ3v) is 7.33. The van der Waals surface area contributed by atoms with Crippen LogP contribution < -0.4 is 5.32 Å². The van der Waals surface area contributed by atoms with Crippen LogP contribution in [0.5, 0.6) is 0 Å². The maximum absolute atomic E-state index is 13.4. The van der Waals surface area contributed by atoms with E-state index in [0.717, 1.165) is 45.3 Å². The minimum atomic E-state index is -0.488. The van der Waals surface area contributed by atoms with Crippen molar-refractivity contribution < 1.29 is 14.3 Å². The summed E-state index contributed by atoms with van der Waals surface area (Å²) < 4.78 is 7.48. The van der Waals surface area contributed by atoms with Gasteiger partial charge in [0.15, 0.2) is 0 Å². The zero-order chi connectivity index (χ0) is 23.0. The Balaban J connectivity index is 1.48. The van der Waals surface area contributed by atoms with E-state index >= 15 is 0 Å². The quantitative estimate of drug-likeness (QED) is 0.664. The van der Waals surface area contributed by atoms with Crippen LogP contribution in [-0.4, -0.2) is 77.0 Å². The van der Waals surface area contributed by atoms with Crippen molar-refractivity contribution in [2.75, 3.05) is 39.8 Å². The number of nitrogens with one attached hydrogen (secondary N) is 1. The van der Waals surface area contributed by atoms with E-state index < -0.39 is 5.60 Å². The smallest absolute Gasteiger partial charge is 0.410 e. The molecule has 2 fully saturated rings. The molecule has 2 spiro atoms. The van der Waals surface area contributed by atoms with Crippen molar-refractivity contribution in [3.63, 3.8) is 0 Å². The van der Waals surface area contributed by atoms with Crippen LogP contribution in [0, 0.1) is 10.8 Å². The number of hydrogen-bond donors (Lipinski definition) is 1. The monoisotopic (exact) mass is 445 g/mol. The minimum absolute atomic E-state index is 0.0147. The van der Waals surface area contributed by atoms with Crippen LogP contribution in [0.4, 0.5) is 4.79 Å². The Bertz CT molecular complexity index is 831. The van der Waals surface area contributed by atoms with Gasteiger partial charge in [-0.1, -0.05) is 0 Å². The number of carbonyl (C=O) groups is 2. The predicted molar refractivity (Wildman–Crippen MR) is 122 cm³/mol. The normalized spacial score (nSPS) is 23.8. The molecule has 0 unspecified atom stereocenters. The number of likely N-dealkylation sites (tertiary alicyclic amines) is 1. The molecular weight excluding hydrogens is 406 g/mol. The molecule has 1 saturated heterocycles. The molecule has 0 bridgehead atoms. The lowest BCUT2D eigenvalue weighted by Gasteiger charge is -2.44. The SMILES string of the molecule is CN1CC2(CCCNCC3(CC3)Cn3nccc3C1=O)CCN(C(=O)OC(C)(C)C)CC2. The van der Waals surface area contributed by atoms with Crippen LogP contribution >= 0.6 is 0 Å². The van der Waals surface area contributed by atoms with E-state index in [-0.39, 0.29) is 22.8 Å².